The molecule has 1 aliphatic heterocycles. The second-order valence-corrected chi connectivity index (χ2v) is 3.08. The van der Waals surface area contributed by atoms with E-state index in [-0.39, 0.29) is 11.8 Å². The molecular formula is C9H15NO3. The van der Waals surface area contributed by atoms with Crippen molar-refractivity contribution in [2.45, 2.75) is 19.8 Å². The number of ketones is 1. The number of rotatable bonds is 2. The maximum absolute atomic E-state index is 11.4. The lowest BCUT2D eigenvalue weighted by Gasteiger charge is -2.10. The number of hydrogen-bond acceptors (Lipinski definition) is 4. The maximum Gasteiger partial charge on any atom is 0.317 e. The third-order valence-electron chi connectivity index (χ3n) is 2.08. The summed E-state index contributed by atoms with van der Waals surface area (Å²) in [6.07, 6.45) is 1.30. The molecule has 0 aromatic carbocycles. The van der Waals surface area contributed by atoms with Gasteiger partial charge in [-0.05, 0) is 19.9 Å². The number of Topliss-reactive ketones (excluding diaryl/α,β-unsaturated/α-hetero) is 1. The van der Waals surface area contributed by atoms with E-state index in [1.54, 1.807) is 6.92 Å². The van der Waals surface area contributed by atoms with Crippen LogP contribution in [0.25, 0.3) is 0 Å². The van der Waals surface area contributed by atoms with Crippen LogP contribution in [-0.4, -0.2) is 31.4 Å². The molecule has 0 spiro atoms. The zero-order chi connectivity index (χ0) is 9.68. The Morgan fingerprint density at radius 2 is 2.46 bits per heavy atom. The van der Waals surface area contributed by atoms with E-state index in [4.69, 9.17) is 4.74 Å². The summed E-state index contributed by atoms with van der Waals surface area (Å²) in [5.41, 5.74) is 0. The van der Waals surface area contributed by atoms with Gasteiger partial charge in [0.2, 0.25) is 0 Å². The first-order chi connectivity index (χ1) is 6.25. The predicted octanol–water partition coefficient (Wildman–Crippen LogP) is 0.118. The largest absolute Gasteiger partial charge is 0.465 e. The summed E-state index contributed by atoms with van der Waals surface area (Å²) in [4.78, 5) is 22.7. The molecule has 1 fully saturated rings. The molecule has 0 aliphatic carbocycles. The Hall–Kier alpha value is -0.900. The fourth-order valence-corrected chi connectivity index (χ4v) is 1.38. The van der Waals surface area contributed by atoms with Gasteiger partial charge in [0, 0.05) is 13.0 Å². The van der Waals surface area contributed by atoms with Gasteiger partial charge >= 0.3 is 5.97 Å². The second-order valence-electron chi connectivity index (χ2n) is 3.08. The molecule has 1 N–H and O–H groups in total. The number of carbonyl (C=O) groups excluding carboxylic acids is 2. The first-order valence-corrected chi connectivity index (χ1v) is 4.65. The Balaban J connectivity index is 2.53. The van der Waals surface area contributed by atoms with Crippen molar-refractivity contribution in [1.29, 1.82) is 0 Å². The molecule has 0 radical (unpaired) electrons. The Kier molecular flexibility index (Phi) is 3.89. The lowest BCUT2D eigenvalue weighted by atomic mass is 10.0. The molecule has 0 aromatic rings. The van der Waals surface area contributed by atoms with Crippen molar-refractivity contribution in [3.05, 3.63) is 0 Å². The van der Waals surface area contributed by atoms with Crippen molar-refractivity contribution in [3.8, 4) is 0 Å². The minimum absolute atomic E-state index is 0.00319. The number of ether oxygens (including phenoxy) is 1. The summed E-state index contributed by atoms with van der Waals surface area (Å²) < 4.78 is 4.81. The summed E-state index contributed by atoms with van der Waals surface area (Å²) in [6.45, 7) is 3.31. The molecule has 4 nitrogen and oxygen atoms in total. The normalized spacial score (nSPS) is 23.8. The van der Waals surface area contributed by atoms with Crippen molar-refractivity contribution in [1.82, 2.24) is 5.32 Å². The van der Waals surface area contributed by atoms with Crippen LogP contribution in [0.5, 0.6) is 0 Å². The highest BCUT2D eigenvalue weighted by Crippen LogP contribution is 2.08. The van der Waals surface area contributed by atoms with E-state index < -0.39 is 5.92 Å². The Labute approximate surface area is 77.6 Å². The third-order valence-corrected chi connectivity index (χ3v) is 2.08. The molecule has 0 unspecified atom stereocenters. The summed E-state index contributed by atoms with van der Waals surface area (Å²) in [5.74, 6) is -0.965. The van der Waals surface area contributed by atoms with Crippen LogP contribution in [-0.2, 0) is 14.3 Å². The molecule has 1 saturated heterocycles. The monoisotopic (exact) mass is 185 g/mol. The van der Waals surface area contributed by atoms with Gasteiger partial charge in [-0.2, -0.15) is 0 Å². The van der Waals surface area contributed by atoms with Crippen LogP contribution in [0.3, 0.4) is 0 Å². The molecule has 0 bridgehead atoms. The minimum atomic E-state index is -0.581. The molecule has 74 valence electrons. The Bertz CT molecular complexity index is 203. The first-order valence-electron chi connectivity index (χ1n) is 4.65. The van der Waals surface area contributed by atoms with Gasteiger partial charge in [-0.15, -0.1) is 0 Å². The standard InChI is InChI=1S/C9H15NO3/c1-2-13-9(12)7-6-10-5-3-4-8(7)11/h7,10H,2-6H2,1H3/t7-/m0/s1. The number of nitrogens with one attached hydrogen (secondary N) is 1. The van der Waals surface area contributed by atoms with Crippen LogP contribution in [0.2, 0.25) is 0 Å². The molecule has 0 amide bonds. The highest BCUT2D eigenvalue weighted by molar-refractivity contribution is 5.99. The number of esters is 1. The van der Waals surface area contributed by atoms with Gasteiger partial charge in [-0.25, -0.2) is 0 Å². The van der Waals surface area contributed by atoms with E-state index in [0.29, 0.717) is 19.6 Å². The molecule has 13 heavy (non-hydrogen) atoms. The SMILES string of the molecule is CCOC(=O)[C@H]1CNCCCC1=O. The minimum Gasteiger partial charge on any atom is -0.465 e. The van der Waals surface area contributed by atoms with E-state index in [9.17, 15) is 9.59 Å². The van der Waals surface area contributed by atoms with Gasteiger partial charge in [-0.1, -0.05) is 0 Å². The van der Waals surface area contributed by atoms with Crippen LogP contribution < -0.4 is 5.32 Å². The molecule has 4 heteroatoms. The predicted molar refractivity (Wildman–Crippen MR) is 47.2 cm³/mol. The van der Waals surface area contributed by atoms with Crippen LogP contribution >= 0.6 is 0 Å². The first kappa shape index (κ1) is 10.2. The van der Waals surface area contributed by atoms with Crippen LogP contribution in [0, 0.1) is 5.92 Å². The van der Waals surface area contributed by atoms with Crippen LogP contribution in [0.15, 0.2) is 0 Å². The third kappa shape index (κ3) is 2.81. The van der Waals surface area contributed by atoms with Crippen molar-refractivity contribution in [2.24, 2.45) is 5.92 Å². The number of hydrogen-bond donors (Lipinski definition) is 1. The van der Waals surface area contributed by atoms with Crippen molar-refractivity contribution >= 4 is 11.8 Å². The van der Waals surface area contributed by atoms with Gasteiger partial charge in [0.05, 0.1) is 6.61 Å². The van der Waals surface area contributed by atoms with Crippen LogP contribution in [0.4, 0.5) is 0 Å². The quantitative estimate of drug-likeness (QED) is 0.490. The second kappa shape index (κ2) is 4.97. The summed E-state index contributed by atoms with van der Waals surface area (Å²) >= 11 is 0. The smallest absolute Gasteiger partial charge is 0.317 e. The van der Waals surface area contributed by atoms with Crippen molar-refractivity contribution in [3.63, 3.8) is 0 Å². The van der Waals surface area contributed by atoms with Crippen molar-refractivity contribution in [2.75, 3.05) is 19.7 Å². The lowest BCUT2D eigenvalue weighted by molar-refractivity contribution is -0.151. The van der Waals surface area contributed by atoms with Gasteiger partial charge in [0.15, 0.2) is 0 Å². The van der Waals surface area contributed by atoms with E-state index in [2.05, 4.69) is 5.32 Å². The van der Waals surface area contributed by atoms with Gasteiger partial charge in [0.1, 0.15) is 11.7 Å². The zero-order valence-corrected chi connectivity index (χ0v) is 7.84. The van der Waals surface area contributed by atoms with Crippen LogP contribution in [0.1, 0.15) is 19.8 Å². The Morgan fingerprint density at radius 1 is 1.69 bits per heavy atom. The average Bonchev–Trinajstić information content (AvgIpc) is 2.30. The summed E-state index contributed by atoms with van der Waals surface area (Å²) in [6, 6.07) is 0. The molecular weight excluding hydrogens is 170 g/mol. The van der Waals surface area contributed by atoms with E-state index in [1.807, 2.05) is 0 Å². The summed E-state index contributed by atoms with van der Waals surface area (Å²) in [7, 11) is 0. The molecule has 1 heterocycles. The van der Waals surface area contributed by atoms with E-state index in [1.165, 1.54) is 0 Å². The Morgan fingerprint density at radius 3 is 3.15 bits per heavy atom. The maximum atomic E-state index is 11.4. The summed E-state index contributed by atoms with van der Waals surface area (Å²) in [5, 5.41) is 3.05. The molecule has 1 aliphatic rings. The molecule has 1 atom stereocenters. The fourth-order valence-electron chi connectivity index (χ4n) is 1.38. The zero-order valence-electron chi connectivity index (χ0n) is 7.84. The molecule has 1 rings (SSSR count). The average molecular weight is 185 g/mol. The lowest BCUT2D eigenvalue weighted by Crippen LogP contribution is -2.33. The van der Waals surface area contributed by atoms with Gasteiger partial charge < -0.3 is 10.1 Å². The highest BCUT2D eigenvalue weighted by Gasteiger charge is 2.28. The van der Waals surface area contributed by atoms with Gasteiger partial charge in [-0.3, -0.25) is 9.59 Å². The molecule has 0 aromatic heterocycles. The number of carbonyl (C=O) groups is 2. The topological polar surface area (TPSA) is 55.4 Å². The van der Waals surface area contributed by atoms with E-state index in [0.717, 1.165) is 13.0 Å². The molecule has 0 saturated carbocycles. The fraction of sp³-hybridized carbons (Fsp3) is 0.778. The van der Waals surface area contributed by atoms with E-state index >= 15 is 0 Å². The highest BCUT2D eigenvalue weighted by atomic mass is 16.5. The van der Waals surface area contributed by atoms with Crippen molar-refractivity contribution < 1.29 is 14.3 Å². The van der Waals surface area contributed by atoms with Gasteiger partial charge in [0.25, 0.3) is 0 Å².